The van der Waals surface area contributed by atoms with E-state index in [1.807, 2.05) is 0 Å². The molecule has 0 radical (unpaired) electrons. The van der Waals surface area contributed by atoms with Gasteiger partial charge in [-0.25, -0.2) is 8.42 Å². The number of alkyl halides is 2. The molecule has 4 nitrogen and oxygen atoms in total. The third-order valence-corrected chi connectivity index (χ3v) is 4.95. The fourth-order valence-corrected chi connectivity index (χ4v) is 3.07. The Morgan fingerprint density at radius 1 is 0.824 bits per heavy atom. The van der Waals surface area contributed by atoms with Crippen LogP contribution in [0.2, 0.25) is 0 Å². The normalized spacial score (nSPS) is 15.8. The lowest BCUT2D eigenvalue weighted by Gasteiger charge is -2.16. The third-order valence-electron chi connectivity index (χ3n) is 2.43. The molecule has 0 aliphatic carbocycles. The van der Waals surface area contributed by atoms with Crippen molar-refractivity contribution in [3.63, 3.8) is 0 Å². The first-order valence-electron chi connectivity index (χ1n) is 5.67. The van der Waals surface area contributed by atoms with Crippen LogP contribution in [0.25, 0.3) is 0 Å². The standard InChI is InChI=1S/C10H20Cl2O4S/c11-7-3-1-5-9(13)17(15,16)10(14)6-2-4-8-12/h9-10,13-14H,1-8H2. The van der Waals surface area contributed by atoms with Gasteiger partial charge in [0.2, 0.25) is 9.84 Å². The molecule has 0 amide bonds. The summed E-state index contributed by atoms with van der Waals surface area (Å²) in [6, 6.07) is 0. The van der Waals surface area contributed by atoms with Crippen LogP contribution in [0.4, 0.5) is 0 Å². The minimum atomic E-state index is -3.87. The molecule has 0 aromatic rings. The van der Waals surface area contributed by atoms with Crippen LogP contribution in [-0.4, -0.2) is 41.3 Å². The largest absolute Gasteiger partial charge is 0.377 e. The number of sulfone groups is 1. The highest BCUT2D eigenvalue weighted by atomic mass is 35.5. The summed E-state index contributed by atoms with van der Waals surface area (Å²) in [5.41, 5.74) is -3.01. The summed E-state index contributed by atoms with van der Waals surface area (Å²) in [5, 5.41) is 19.0. The van der Waals surface area contributed by atoms with Gasteiger partial charge in [-0.1, -0.05) is 0 Å². The van der Waals surface area contributed by atoms with E-state index in [1.165, 1.54) is 0 Å². The summed E-state index contributed by atoms with van der Waals surface area (Å²) >= 11 is 10.9. The van der Waals surface area contributed by atoms with Crippen LogP contribution < -0.4 is 0 Å². The minimum Gasteiger partial charge on any atom is -0.377 e. The zero-order chi connectivity index (χ0) is 13.3. The molecule has 0 saturated heterocycles. The average Bonchev–Trinajstić information content (AvgIpc) is 2.29. The molecule has 0 rings (SSSR count). The van der Waals surface area contributed by atoms with Crippen molar-refractivity contribution < 1.29 is 18.6 Å². The zero-order valence-electron chi connectivity index (χ0n) is 9.69. The van der Waals surface area contributed by atoms with Crippen LogP contribution in [0.1, 0.15) is 38.5 Å². The fourth-order valence-electron chi connectivity index (χ4n) is 1.34. The maximum atomic E-state index is 11.7. The Balaban J connectivity index is 4.14. The van der Waals surface area contributed by atoms with Gasteiger partial charge in [-0.2, -0.15) is 0 Å². The molecule has 104 valence electrons. The maximum absolute atomic E-state index is 11.7. The Morgan fingerprint density at radius 3 is 1.47 bits per heavy atom. The van der Waals surface area contributed by atoms with Crippen LogP contribution >= 0.6 is 23.2 Å². The van der Waals surface area contributed by atoms with E-state index < -0.39 is 20.7 Å². The van der Waals surface area contributed by atoms with E-state index >= 15 is 0 Å². The Kier molecular flexibility index (Phi) is 9.64. The first-order valence-corrected chi connectivity index (χ1v) is 8.35. The van der Waals surface area contributed by atoms with E-state index in [0.717, 1.165) is 0 Å². The lowest BCUT2D eigenvalue weighted by Crippen LogP contribution is -2.32. The predicted octanol–water partition coefficient (Wildman–Crippen LogP) is 1.86. The number of aliphatic hydroxyl groups excluding tert-OH is 2. The summed E-state index contributed by atoms with van der Waals surface area (Å²) in [6.45, 7) is 0. The first-order chi connectivity index (χ1) is 7.96. The molecule has 2 atom stereocenters. The van der Waals surface area contributed by atoms with E-state index in [1.54, 1.807) is 0 Å². The molecule has 0 spiro atoms. The van der Waals surface area contributed by atoms with E-state index in [-0.39, 0.29) is 12.8 Å². The van der Waals surface area contributed by atoms with Gasteiger partial charge in [0, 0.05) is 11.8 Å². The Hall–Kier alpha value is 0.450. The van der Waals surface area contributed by atoms with Crippen LogP contribution in [0.3, 0.4) is 0 Å². The lowest BCUT2D eigenvalue weighted by atomic mass is 10.3. The predicted molar refractivity (Wildman–Crippen MR) is 70.1 cm³/mol. The highest BCUT2D eigenvalue weighted by molar-refractivity contribution is 7.92. The molecule has 0 aliphatic rings. The van der Waals surface area contributed by atoms with Gasteiger partial charge in [0.15, 0.2) is 10.9 Å². The molecule has 7 heteroatoms. The molecule has 0 bridgehead atoms. The molecule has 2 N–H and O–H groups in total. The number of hydrogen-bond acceptors (Lipinski definition) is 4. The summed E-state index contributed by atoms with van der Waals surface area (Å²) in [4.78, 5) is 0. The van der Waals surface area contributed by atoms with Crippen LogP contribution in [-0.2, 0) is 9.84 Å². The summed E-state index contributed by atoms with van der Waals surface area (Å²) in [7, 11) is -3.87. The second-order valence-corrected chi connectivity index (χ2v) is 6.89. The molecule has 17 heavy (non-hydrogen) atoms. The Bertz CT molecular complexity index is 260. The topological polar surface area (TPSA) is 74.6 Å². The number of aliphatic hydroxyl groups is 2. The smallest absolute Gasteiger partial charge is 0.203 e. The van der Waals surface area contributed by atoms with Gasteiger partial charge in [0.1, 0.15) is 0 Å². The summed E-state index contributed by atoms with van der Waals surface area (Å²) in [5.74, 6) is 0.871. The highest BCUT2D eigenvalue weighted by Gasteiger charge is 2.30. The van der Waals surface area contributed by atoms with Crippen molar-refractivity contribution in [2.75, 3.05) is 11.8 Å². The molecular formula is C10H20Cl2O4S. The molecule has 0 aromatic carbocycles. The molecule has 0 saturated carbocycles. The van der Waals surface area contributed by atoms with E-state index in [4.69, 9.17) is 23.2 Å². The van der Waals surface area contributed by atoms with E-state index in [9.17, 15) is 18.6 Å². The SMILES string of the molecule is O=S(=O)(C(O)CCCCCl)C(O)CCCCCl. The Labute approximate surface area is 113 Å². The Morgan fingerprint density at radius 2 is 1.18 bits per heavy atom. The van der Waals surface area contributed by atoms with Crippen LogP contribution in [0.5, 0.6) is 0 Å². The van der Waals surface area contributed by atoms with Gasteiger partial charge in [0.25, 0.3) is 0 Å². The van der Waals surface area contributed by atoms with Gasteiger partial charge < -0.3 is 10.2 Å². The second-order valence-electron chi connectivity index (χ2n) is 3.87. The number of unbranched alkanes of at least 4 members (excludes halogenated alkanes) is 2. The van der Waals surface area contributed by atoms with Crippen molar-refractivity contribution in [3.8, 4) is 0 Å². The number of halogens is 2. The van der Waals surface area contributed by atoms with Crippen molar-refractivity contribution in [3.05, 3.63) is 0 Å². The van der Waals surface area contributed by atoms with Crippen molar-refractivity contribution in [2.24, 2.45) is 0 Å². The average molecular weight is 307 g/mol. The van der Waals surface area contributed by atoms with Gasteiger partial charge in [-0.3, -0.25) is 0 Å². The van der Waals surface area contributed by atoms with Gasteiger partial charge >= 0.3 is 0 Å². The van der Waals surface area contributed by atoms with E-state index in [2.05, 4.69) is 0 Å². The molecule has 2 unspecified atom stereocenters. The molecular weight excluding hydrogens is 287 g/mol. The minimum absolute atomic E-state index is 0.113. The monoisotopic (exact) mass is 306 g/mol. The summed E-state index contributed by atoms with van der Waals surface area (Å²) < 4.78 is 23.3. The second kappa shape index (κ2) is 9.39. The van der Waals surface area contributed by atoms with Crippen molar-refractivity contribution in [1.29, 1.82) is 0 Å². The van der Waals surface area contributed by atoms with Gasteiger partial charge in [-0.15, -0.1) is 23.2 Å². The summed E-state index contributed by atoms with van der Waals surface area (Å²) in [6.07, 6.45) is 2.58. The quantitative estimate of drug-likeness (QED) is 0.477. The van der Waals surface area contributed by atoms with Crippen molar-refractivity contribution >= 4 is 33.0 Å². The molecule has 0 fully saturated rings. The lowest BCUT2D eigenvalue weighted by molar-refractivity contribution is 0.197. The molecule has 0 aromatic heterocycles. The van der Waals surface area contributed by atoms with Crippen LogP contribution in [0, 0.1) is 0 Å². The van der Waals surface area contributed by atoms with E-state index in [0.29, 0.717) is 37.4 Å². The van der Waals surface area contributed by atoms with Crippen molar-refractivity contribution in [2.45, 2.75) is 49.4 Å². The number of rotatable bonds is 10. The fraction of sp³-hybridized carbons (Fsp3) is 1.00. The maximum Gasteiger partial charge on any atom is 0.203 e. The zero-order valence-corrected chi connectivity index (χ0v) is 12.0. The first kappa shape index (κ1) is 17.4. The highest BCUT2D eigenvalue weighted by Crippen LogP contribution is 2.16. The van der Waals surface area contributed by atoms with Crippen LogP contribution in [0.15, 0.2) is 0 Å². The van der Waals surface area contributed by atoms with Crippen molar-refractivity contribution in [1.82, 2.24) is 0 Å². The van der Waals surface area contributed by atoms with Gasteiger partial charge in [0.05, 0.1) is 0 Å². The molecule has 0 heterocycles. The molecule has 0 aliphatic heterocycles. The number of hydrogen-bond donors (Lipinski definition) is 2. The van der Waals surface area contributed by atoms with Gasteiger partial charge in [-0.05, 0) is 38.5 Å². The third kappa shape index (κ3) is 6.82.